The molecule has 1 aromatic heterocycles. The molecular weight excluding hydrogens is 491 g/mol. The van der Waals surface area contributed by atoms with Crippen LogP contribution in [0.4, 0.5) is 9.18 Å². The first-order valence-corrected chi connectivity index (χ1v) is 13.1. The second-order valence-corrected chi connectivity index (χ2v) is 11.3. The first kappa shape index (κ1) is 29.4. The highest BCUT2D eigenvalue weighted by Crippen LogP contribution is 2.30. The number of hydrogen-bond donors (Lipinski definition) is 2. The lowest BCUT2D eigenvalue weighted by molar-refractivity contribution is -0.142. The molecule has 5 unspecified atom stereocenters. The lowest BCUT2D eigenvalue weighted by Crippen LogP contribution is -2.59. The summed E-state index contributed by atoms with van der Waals surface area (Å²) >= 11 is 0. The van der Waals surface area contributed by atoms with Gasteiger partial charge in [0.15, 0.2) is 0 Å². The van der Waals surface area contributed by atoms with Crippen LogP contribution in [0.3, 0.4) is 0 Å². The van der Waals surface area contributed by atoms with Gasteiger partial charge in [0, 0.05) is 43.8 Å². The molecule has 1 fully saturated rings. The Bertz CT molecular complexity index is 1160. The van der Waals surface area contributed by atoms with E-state index in [1.807, 2.05) is 11.1 Å². The van der Waals surface area contributed by atoms with Crippen molar-refractivity contribution in [1.29, 1.82) is 0 Å². The van der Waals surface area contributed by atoms with Crippen LogP contribution in [0.5, 0.6) is 0 Å². The van der Waals surface area contributed by atoms with E-state index in [0.29, 0.717) is 18.5 Å². The van der Waals surface area contributed by atoms with Gasteiger partial charge in [-0.3, -0.25) is 14.5 Å². The van der Waals surface area contributed by atoms with Crippen molar-refractivity contribution in [2.75, 3.05) is 20.7 Å². The maximum Gasteiger partial charge on any atom is 0.410 e. The average molecular weight is 533 g/mol. The molecular formula is C28H41FN4O5. The summed E-state index contributed by atoms with van der Waals surface area (Å²) in [5, 5.41) is 3.74. The number of H-pyrrole nitrogens is 1. The molecule has 2 aromatic rings. The molecule has 1 aliphatic rings. The predicted molar refractivity (Wildman–Crippen MR) is 143 cm³/mol. The number of nitrogens with zero attached hydrogens (tertiary/aromatic N) is 2. The molecule has 3 amide bonds. The van der Waals surface area contributed by atoms with Crippen molar-refractivity contribution in [1.82, 2.24) is 20.1 Å². The molecule has 38 heavy (non-hydrogen) atoms. The Kier molecular flexibility index (Phi) is 9.07. The Morgan fingerprint density at radius 2 is 1.95 bits per heavy atom. The smallest absolute Gasteiger partial charge is 0.410 e. The quantitative estimate of drug-likeness (QED) is 0.537. The van der Waals surface area contributed by atoms with Crippen LogP contribution in [-0.2, 0) is 25.5 Å². The van der Waals surface area contributed by atoms with Crippen LogP contribution in [0.15, 0.2) is 24.4 Å². The second-order valence-electron chi connectivity index (χ2n) is 11.3. The van der Waals surface area contributed by atoms with Crippen LogP contribution in [0.25, 0.3) is 10.9 Å². The normalized spacial score (nSPS) is 20.2. The number of aromatic amines is 1. The van der Waals surface area contributed by atoms with E-state index in [0.717, 1.165) is 17.4 Å². The van der Waals surface area contributed by atoms with E-state index in [1.54, 1.807) is 40.7 Å². The number of nitrogens with one attached hydrogen (secondary N) is 2. The summed E-state index contributed by atoms with van der Waals surface area (Å²) in [4.78, 5) is 45.6. The fourth-order valence-corrected chi connectivity index (χ4v) is 4.78. The molecule has 3 rings (SSSR count). The summed E-state index contributed by atoms with van der Waals surface area (Å²) in [7, 11) is 2.97. The summed E-state index contributed by atoms with van der Waals surface area (Å²) in [6.07, 6.45) is 2.06. The summed E-state index contributed by atoms with van der Waals surface area (Å²) in [5.41, 5.74) is 1.01. The third-order valence-electron chi connectivity index (χ3n) is 7.37. The highest BCUT2D eigenvalue weighted by atomic mass is 19.1. The molecule has 5 atom stereocenters. The molecule has 1 aromatic carbocycles. The van der Waals surface area contributed by atoms with E-state index in [4.69, 9.17) is 9.47 Å². The van der Waals surface area contributed by atoms with E-state index in [-0.39, 0.29) is 23.7 Å². The van der Waals surface area contributed by atoms with Crippen LogP contribution in [-0.4, -0.2) is 83.2 Å². The highest BCUT2D eigenvalue weighted by Gasteiger charge is 2.41. The molecule has 2 N–H and O–H groups in total. The minimum absolute atomic E-state index is 0.100. The van der Waals surface area contributed by atoms with E-state index >= 15 is 0 Å². The van der Waals surface area contributed by atoms with Gasteiger partial charge in [-0.2, -0.15) is 0 Å². The first-order valence-electron chi connectivity index (χ1n) is 13.1. The van der Waals surface area contributed by atoms with Gasteiger partial charge in [0.25, 0.3) is 0 Å². The molecule has 0 spiro atoms. The van der Waals surface area contributed by atoms with Gasteiger partial charge in [0.1, 0.15) is 23.5 Å². The van der Waals surface area contributed by atoms with Gasteiger partial charge in [0.2, 0.25) is 11.8 Å². The zero-order valence-electron chi connectivity index (χ0n) is 23.6. The first-order chi connectivity index (χ1) is 17.7. The number of carbonyl (C=O) groups excluding carboxylic acids is 3. The maximum atomic E-state index is 13.9. The van der Waals surface area contributed by atoms with Crippen LogP contribution in [0.2, 0.25) is 0 Å². The van der Waals surface area contributed by atoms with Crippen molar-refractivity contribution >= 4 is 28.8 Å². The van der Waals surface area contributed by atoms with Crippen molar-refractivity contribution in [2.45, 2.75) is 84.2 Å². The standard InChI is InChI=1S/C28H41FN4O5/c1-16-11-12-33(23(16)13-19-15-30-22-14-20(29)9-10-21(19)22)26(35)24(18(3)37-8)31-25(34)17(2)32(7)27(36)38-28(4,5)6/h9-10,14-18,23-24,30H,11-13H2,1-8H3,(H,31,34). The minimum Gasteiger partial charge on any atom is -0.444 e. The number of benzene rings is 1. The molecule has 10 heteroatoms. The van der Waals surface area contributed by atoms with E-state index in [1.165, 1.54) is 31.2 Å². The highest BCUT2D eigenvalue weighted by molar-refractivity contribution is 5.92. The number of rotatable bonds is 8. The molecule has 210 valence electrons. The lowest BCUT2D eigenvalue weighted by atomic mass is 9.95. The molecule has 0 aliphatic carbocycles. The molecule has 2 heterocycles. The topological polar surface area (TPSA) is 104 Å². The molecule has 0 bridgehead atoms. The molecule has 1 aliphatic heterocycles. The Morgan fingerprint density at radius 3 is 2.58 bits per heavy atom. The summed E-state index contributed by atoms with van der Waals surface area (Å²) in [6.45, 7) is 11.2. The summed E-state index contributed by atoms with van der Waals surface area (Å²) < 4.78 is 24.5. The number of hydrogen-bond acceptors (Lipinski definition) is 5. The van der Waals surface area contributed by atoms with Crippen molar-refractivity contribution in [2.24, 2.45) is 5.92 Å². The number of methoxy groups -OCH3 is 1. The monoisotopic (exact) mass is 532 g/mol. The van der Waals surface area contributed by atoms with E-state index < -0.39 is 35.8 Å². The Balaban J connectivity index is 1.77. The van der Waals surface area contributed by atoms with Crippen LogP contribution < -0.4 is 5.32 Å². The molecule has 0 radical (unpaired) electrons. The molecule has 0 saturated carbocycles. The zero-order valence-corrected chi connectivity index (χ0v) is 23.6. The van der Waals surface area contributed by atoms with Crippen molar-refractivity contribution in [3.8, 4) is 0 Å². The van der Waals surface area contributed by atoms with Gasteiger partial charge in [0.05, 0.1) is 6.10 Å². The summed E-state index contributed by atoms with van der Waals surface area (Å²) in [6, 6.07) is 2.73. The number of halogens is 1. The number of likely N-dealkylation sites (tertiary alicyclic amines) is 1. The fraction of sp³-hybridized carbons (Fsp3) is 0.607. The number of likely N-dealkylation sites (N-methyl/N-ethyl adjacent to an activating group) is 1. The molecule has 1 saturated heterocycles. The Morgan fingerprint density at radius 1 is 1.26 bits per heavy atom. The third kappa shape index (κ3) is 6.64. The van der Waals surface area contributed by atoms with Crippen LogP contribution in [0, 0.1) is 11.7 Å². The van der Waals surface area contributed by atoms with Crippen molar-refractivity contribution < 1.29 is 28.2 Å². The number of ether oxygens (including phenoxy) is 2. The van der Waals surface area contributed by atoms with Crippen LogP contribution >= 0.6 is 0 Å². The minimum atomic E-state index is -0.938. The number of fused-ring (bicyclic) bond motifs is 1. The van der Waals surface area contributed by atoms with Gasteiger partial charge in [-0.05, 0) is 77.1 Å². The lowest BCUT2D eigenvalue weighted by Gasteiger charge is -2.34. The van der Waals surface area contributed by atoms with E-state index in [9.17, 15) is 18.8 Å². The van der Waals surface area contributed by atoms with Crippen LogP contribution in [0.1, 0.15) is 53.5 Å². The summed E-state index contributed by atoms with van der Waals surface area (Å²) in [5.74, 6) is -0.797. The number of amides is 3. The second kappa shape index (κ2) is 11.7. The average Bonchev–Trinajstić information content (AvgIpc) is 3.42. The van der Waals surface area contributed by atoms with Gasteiger partial charge in [-0.15, -0.1) is 0 Å². The fourth-order valence-electron chi connectivity index (χ4n) is 4.78. The van der Waals surface area contributed by atoms with Crippen molar-refractivity contribution in [3.63, 3.8) is 0 Å². The van der Waals surface area contributed by atoms with Gasteiger partial charge < -0.3 is 24.7 Å². The Hall–Kier alpha value is -3.14. The van der Waals surface area contributed by atoms with Gasteiger partial charge in [-0.1, -0.05) is 6.92 Å². The SMILES string of the molecule is COC(C)C(NC(=O)C(C)N(C)C(=O)OC(C)(C)C)C(=O)N1CCC(C)C1Cc1c[nH]c2cc(F)ccc12. The maximum absolute atomic E-state index is 13.9. The van der Waals surface area contributed by atoms with Crippen molar-refractivity contribution in [3.05, 3.63) is 35.8 Å². The van der Waals surface area contributed by atoms with Gasteiger partial charge >= 0.3 is 6.09 Å². The third-order valence-corrected chi connectivity index (χ3v) is 7.37. The zero-order chi connectivity index (χ0) is 28.4. The number of aromatic nitrogens is 1. The Labute approximate surface area is 224 Å². The largest absolute Gasteiger partial charge is 0.444 e. The molecule has 9 nitrogen and oxygen atoms in total. The number of carbonyl (C=O) groups is 3. The predicted octanol–water partition coefficient (Wildman–Crippen LogP) is 3.86. The van der Waals surface area contributed by atoms with E-state index in [2.05, 4.69) is 17.2 Å². The van der Waals surface area contributed by atoms with Gasteiger partial charge in [-0.25, -0.2) is 9.18 Å².